The molecule has 0 aromatic rings. The molecular weight excluding hydrogens is 204 g/mol. The van der Waals surface area contributed by atoms with Gasteiger partial charge in [0, 0.05) is 32.2 Å². The van der Waals surface area contributed by atoms with E-state index in [4.69, 9.17) is 15.2 Å². The molecule has 16 heavy (non-hydrogen) atoms. The molecule has 4 heteroatoms. The number of nitrogens with two attached hydrogens (primary N) is 1. The molecule has 2 rings (SSSR count). The molecule has 0 radical (unpaired) electrons. The maximum absolute atomic E-state index is 6.01. The molecule has 2 aliphatic heterocycles. The number of rotatable bonds is 3. The van der Waals surface area contributed by atoms with Crippen molar-refractivity contribution >= 4 is 0 Å². The van der Waals surface area contributed by atoms with Gasteiger partial charge in [-0.2, -0.15) is 0 Å². The number of methoxy groups -OCH3 is 1. The molecule has 0 saturated carbocycles. The largest absolute Gasteiger partial charge is 0.380 e. The third-order valence-electron chi connectivity index (χ3n) is 4.02. The monoisotopic (exact) mass is 228 g/mol. The first kappa shape index (κ1) is 12.3. The quantitative estimate of drug-likeness (QED) is 0.755. The van der Waals surface area contributed by atoms with E-state index in [-0.39, 0.29) is 6.04 Å². The average Bonchev–Trinajstić information content (AvgIpc) is 2.67. The zero-order valence-electron chi connectivity index (χ0n) is 10.4. The minimum absolute atomic E-state index is 0.223. The number of hydrogen-bond donors (Lipinski definition) is 1. The van der Waals surface area contributed by atoms with E-state index in [1.165, 1.54) is 13.0 Å². The summed E-state index contributed by atoms with van der Waals surface area (Å²) in [5.74, 6) is 1.18. The van der Waals surface area contributed by atoms with Gasteiger partial charge >= 0.3 is 0 Å². The van der Waals surface area contributed by atoms with Crippen LogP contribution in [0, 0.1) is 11.8 Å². The summed E-state index contributed by atoms with van der Waals surface area (Å²) in [6.07, 6.45) is 1.61. The summed E-state index contributed by atoms with van der Waals surface area (Å²) in [6, 6.07) is 0.223. The minimum atomic E-state index is 0.223. The first-order valence-corrected chi connectivity index (χ1v) is 6.29. The van der Waals surface area contributed by atoms with Gasteiger partial charge in [0.2, 0.25) is 0 Å². The van der Waals surface area contributed by atoms with Gasteiger partial charge in [-0.3, -0.25) is 0 Å². The second-order valence-corrected chi connectivity index (χ2v) is 5.26. The lowest BCUT2D eigenvalue weighted by atomic mass is 9.94. The third-order valence-corrected chi connectivity index (χ3v) is 4.02. The third kappa shape index (κ3) is 2.74. The van der Waals surface area contributed by atoms with Gasteiger partial charge in [-0.25, -0.2) is 0 Å². The minimum Gasteiger partial charge on any atom is -0.380 e. The smallest absolute Gasteiger partial charge is 0.0724 e. The fraction of sp³-hybridized carbons (Fsp3) is 1.00. The van der Waals surface area contributed by atoms with E-state index in [9.17, 15) is 0 Å². The Balaban J connectivity index is 1.81. The maximum Gasteiger partial charge on any atom is 0.0724 e. The first-order chi connectivity index (χ1) is 7.70. The number of nitrogens with zero attached hydrogens (tertiary/aromatic N) is 1. The highest BCUT2D eigenvalue weighted by Gasteiger charge is 2.31. The van der Waals surface area contributed by atoms with E-state index in [2.05, 4.69) is 11.8 Å². The Morgan fingerprint density at radius 2 is 2.25 bits per heavy atom. The van der Waals surface area contributed by atoms with Crippen molar-refractivity contribution in [2.75, 3.05) is 40.0 Å². The van der Waals surface area contributed by atoms with Gasteiger partial charge in [0.1, 0.15) is 0 Å². The van der Waals surface area contributed by atoms with Crippen LogP contribution in [0.1, 0.15) is 13.3 Å². The van der Waals surface area contributed by atoms with E-state index in [0.29, 0.717) is 17.9 Å². The summed E-state index contributed by atoms with van der Waals surface area (Å²) in [6.45, 7) is 7.10. The number of likely N-dealkylation sites (tertiary alicyclic amines) is 1. The lowest BCUT2D eigenvalue weighted by Crippen LogP contribution is -2.47. The topological polar surface area (TPSA) is 47.7 Å². The number of hydrogen-bond acceptors (Lipinski definition) is 4. The fourth-order valence-corrected chi connectivity index (χ4v) is 2.71. The van der Waals surface area contributed by atoms with Crippen molar-refractivity contribution in [3.8, 4) is 0 Å². The Hall–Kier alpha value is -0.160. The molecule has 2 N–H and O–H groups in total. The van der Waals surface area contributed by atoms with Crippen molar-refractivity contribution in [1.82, 2.24) is 4.90 Å². The van der Waals surface area contributed by atoms with Crippen molar-refractivity contribution in [2.45, 2.75) is 25.5 Å². The molecule has 0 aromatic carbocycles. The molecule has 2 heterocycles. The molecule has 0 amide bonds. The van der Waals surface area contributed by atoms with E-state index < -0.39 is 0 Å². The summed E-state index contributed by atoms with van der Waals surface area (Å²) in [5.41, 5.74) is 6.01. The average molecular weight is 228 g/mol. The summed E-state index contributed by atoms with van der Waals surface area (Å²) in [5, 5.41) is 0. The predicted octanol–water partition coefficient (Wildman–Crippen LogP) is 0.317. The van der Waals surface area contributed by atoms with Crippen LogP contribution >= 0.6 is 0 Å². The second-order valence-electron chi connectivity index (χ2n) is 5.26. The van der Waals surface area contributed by atoms with E-state index >= 15 is 0 Å². The molecule has 2 aliphatic rings. The van der Waals surface area contributed by atoms with Gasteiger partial charge < -0.3 is 20.1 Å². The van der Waals surface area contributed by atoms with Gasteiger partial charge in [-0.15, -0.1) is 0 Å². The van der Waals surface area contributed by atoms with E-state index in [1.54, 1.807) is 0 Å². The van der Waals surface area contributed by atoms with Crippen molar-refractivity contribution < 1.29 is 9.47 Å². The van der Waals surface area contributed by atoms with Gasteiger partial charge in [0.15, 0.2) is 0 Å². The predicted molar refractivity (Wildman–Crippen MR) is 63.3 cm³/mol. The second kappa shape index (κ2) is 5.45. The standard InChI is InChI=1S/C12H24N2O2/c1-9-3-4-14(6-12(9)15-2)5-10-7-16-8-11(10)13/h9-12H,3-8,13H2,1-2H3. The lowest BCUT2D eigenvalue weighted by Gasteiger charge is -2.37. The Morgan fingerprint density at radius 3 is 2.88 bits per heavy atom. The Labute approximate surface area is 98.1 Å². The zero-order chi connectivity index (χ0) is 11.5. The van der Waals surface area contributed by atoms with Crippen molar-refractivity contribution in [3.05, 3.63) is 0 Å². The van der Waals surface area contributed by atoms with Gasteiger partial charge in [-0.05, 0) is 18.9 Å². The molecule has 4 unspecified atom stereocenters. The summed E-state index contributed by atoms with van der Waals surface area (Å²) in [7, 11) is 1.81. The van der Waals surface area contributed by atoms with Crippen molar-refractivity contribution in [3.63, 3.8) is 0 Å². The van der Waals surface area contributed by atoms with Crippen molar-refractivity contribution in [2.24, 2.45) is 17.6 Å². The van der Waals surface area contributed by atoms with Crippen LogP contribution in [0.5, 0.6) is 0 Å². The summed E-state index contributed by atoms with van der Waals surface area (Å²) in [4.78, 5) is 2.48. The van der Waals surface area contributed by atoms with Gasteiger partial charge in [-0.1, -0.05) is 6.92 Å². The maximum atomic E-state index is 6.01. The molecule has 4 atom stereocenters. The van der Waals surface area contributed by atoms with Crippen LogP contribution < -0.4 is 5.73 Å². The highest BCUT2D eigenvalue weighted by Crippen LogP contribution is 2.22. The molecule has 0 aliphatic carbocycles. The van der Waals surface area contributed by atoms with E-state index in [0.717, 1.165) is 26.3 Å². The highest BCUT2D eigenvalue weighted by atomic mass is 16.5. The number of piperidine rings is 1. The van der Waals surface area contributed by atoms with Crippen LogP contribution in [0.4, 0.5) is 0 Å². The Morgan fingerprint density at radius 1 is 1.44 bits per heavy atom. The van der Waals surface area contributed by atoms with E-state index in [1.807, 2.05) is 7.11 Å². The Kier molecular flexibility index (Phi) is 4.19. The van der Waals surface area contributed by atoms with Gasteiger partial charge in [0.05, 0.1) is 19.3 Å². The molecule has 0 aromatic heterocycles. The van der Waals surface area contributed by atoms with Crippen LogP contribution in [0.25, 0.3) is 0 Å². The van der Waals surface area contributed by atoms with Crippen molar-refractivity contribution in [1.29, 1.82) is 0 Å². The first-order valence-electron chi connectivity index (χ1n) is 6.29. The van der Waals surface area contributed by atoms with Crippen LogP contribution in [-0.4, -0.2) is 57.0 Å². The highest BCUT2D eigenvalue weighted by molar-refractivity contribution is 4.85. The van der Waals surface area contributed by atoms with Crippen LogP contribution in [-0.2, 0) is 9.47 Å². The SMILES string of the molecule is COC1CN(CC2COCC2N)CCC1C. The summed E-state index contributed by atoms with van der Waals surface area (Å²) >= 11 is 0. The lowest BCUT2D eigenvalue weighted by molar-refractivity contribution is -0.00999. The normalized spacial score (nSPS) is 41.4. The van der Waals surface area contributed by atoms with Crippen LogP contribution in [0.2, 0.25) is 0 Å². The van der Waals surface area contributed by atoms with Crippen LogP contribution in [0.15, 0.2) is 0 Å². The Bertz CT molecular complexity index is 225. The molecule has 2 saturated heterocycles. The molecule has 0 spiro atoms. The summed E-state index contributed by atoms with van der Waals surface area (Å²) < 4.78 is 10.9. The molecular formula is C12H24N2O2. The van der Waals surface area contributed by atoms with Gasteiger partial charge in [0.25, 0.3) is 0 Å². The van der Waals surface area contributed by atoms with Crippen LogP contribution in [0.3, 0.4) is 0 Å². The zero-order valence-corrected chi connectivity index (χ0v) is 10.4. The number of ether oxygens (including phenoxy) is 2. The fourth-order valence-electron chi connectivity index (χ4n) is 2.71. The molecule has 94 valence electrons. The molecule has 2 fully saturated rings. The molecule has 0 bridgehead atoms. The molecule has 4 nitrogen and oxygen atoms in total.